The maximum atomic E-state index is 12.3. The van der Waals surface area contributed by atoms with Crippen molar-refractivity contribution in [3.05, 3.63) is 29.8 Å². The van der Waals surface area contributed by atoms with Gasteiger partial charge in [-0.05, 0) is 43.5 Å². The Bertz CT molecular complexity index is 615. The van der Waals surface area contributed by atoms with Gasteiger partial charge in [-0.1, -0.05) is 6.42 Å². The number of carbonyl (C=O) groups is 3. The van der Waals surface area contributed by atoms with Crippen molar-refractivity contribution in [2.24, 2.45) is 11.7 Å². The molecule has 1 aliphatic rings. The van der Waals surface area contributed by atoms with Crippen LogP contribution >= 0.6 is 0 Å². The second kappa shape index (κ2) is 9.17. The minimum Gasteiger partial charge on any atom is -0.469 e. The van der Waals surface area contributed by atoms with Crippen molar-refractivity contribution in [3.63, 3.8) is 0 Å². The number of nitrogens with one attached hydrogen (secondary N) is 2. The van der Waals surface area contributed by atoms with Gasteiger partial charge in [0.2, 0.25) is 5.91 Å². The summed E-state index contributed by atoms with van der Waals surface area (Å²) in [4.78, 5) is 35.2. The van der Waals surface area contributed by atoms with Crippen LogP contribution in [0.15, 0.2) is 24.3 Å². The number of methoxy groups -OCH3 is 1. The first-order valence-corrected chi connectivity index (χ1v) is 8.51. The largest absolute Gasteiger partial charge is 0.469 e. The van der Waals surface area contributed by atoms with Gasteiger partial charge in [0.05, 0.1) is 13.5 Å². The predicted molar refractivity (Wildman–Crippen MR) is 94.0 cm³/mol. The van der Waals surface area contributed by atoms with Crippen LogP contribution in [0, 0.1) is 5.92 Å². The summed E-state index contributed by atoms with van der Waals surface area (Å²) >= 11 is 0. The van der Waals surface area contributed by atoms with Crippen LogP contribution in [0.2, 0.25) is 0 Å². The van der Waals surface area contributed by atoms with Gasteiger partial charge >= 0.3 is 5.97 Å². The highest BCUT2D eigenvalue weighted by Gasteiger charge is 2.25. The molecule has 0 spiro atoms. The molecule has 0 aromatic heterocycles. The molecule has 7 heteroatoms. The summed E-state index contributed by atoms with van der Waals surface area (Å²) in [6.07, 6.45) is 3.65. The molecule has 2 unspecified atom stereocenters. The van der Waals surface area contributed by atoms with E-state index in [-0.39, 0.29) is 42.7 Å². The highest BCUT2D eigenvalue weighted by molar-refractivity contribution is 5.96. The third kappa shape index (κ3) is 5.86. The number of benzene rings is 1. The van der Waals surface area contributed by atoms with Gasteiger partial charge in [0.25, 0.3) is 5.91 Å². The molecule has 1 aliphatic carbocycles. The molecule has 1 aromatic carbocycles. The lowest BCUT2D eigenvalue weighted by atomic mass is 9.85. The quantitative estimate of drug-likeness (QED) is 0.674. The first-order chi connectivity index (χ1) is 12.0. The monoisotopic (exact) mass is 347 g/mol. The smallest absolute Gasteiger partial charge is 0.307 e. The van der Waals surface area contributed by atoms with Crippen LogP contribution in [0.5, 0.6) is 0 Å². The number of esters is 1. The number of anilines is 1. The molecule has 1 saturated carbocycles. The van der Waals surface area contributed by atoms with Crippen LogP contribution in [0.4, 0.5) is 5.69 Å². The van der Waals surface area contributed by atoms with Crippen LogP contribution in [-0.2, 0) is 14.3 Å². The van der Waals surface area contributed by atoms with Gasteiger partial charge < -0.3 is 21.1 Å². The van der Waals surface area contributed by atoms with Crippen molar-refractivity contribution in [1.29, 1.82) is 0 Å². The molecule has 1 aromatic rings. The Kier molecular flexibility index (Phi) is 6.94. The Morgan fingerprint density at radius 2 is 1.92 bits per heavy atom. The summed E-state index contributed by atoms with van der Waals surface area (Å²) in [5.41, 5.74) is 7.03. The Morgan fingerprint density at radius 1 is 1.20 bits per heavy atom. The van der Waals surface area contributed by atoms with Crippen LogP contribution in [0.3, 0.4) is 0 Å². The molecule has 0 radical (unpaired) electrons. The van der Waals surface area contributed by atoms with E-state index in [1.807, 2.05) is 0 Å². The van der Waals surface area contributed by atoms with E-state index in [0.717, 1.165) is 19.3 Å². The number of ether oxygens (including phenoxy) is 1. The maximum absolute atomic E-state index is 12.3. The first kappa shape index (κ1) is 18.9. The van der Waals surface area contributed by atoms with Crippen molar-refractivity contribution in [1.82, 2.24) is 5.32 Å². The molecule has 0 saturated heterocycles. The Morgan fingerprint density at radius 3 is 2.56 bits per heavy atom. The molecule has 0 bridgehead atoms. The summed E-state index contributed by atoms with van der Waals surface area (Å²) < 4.78 is 4.51. The Labute approximate surface area is 147 Å². The van der Waals surface area contributed by atoms with Gasteiger partial charge in [-0.3, -0.25) is 14.4 Å². The van der Waals surface area contributed by atoms with Crippen LogP contribution in [-0.4, -0.2) is 37.5 Å². The molecule has 0 heterocycles. The van der Waals surface area contributed by atoms with E-state index in [4.69, 9.17) is 5.73 Å². The molecule has 4 N–H and O–H groups in total. The van der Waals surface area contributed by atoms with E-state index < -0.39 is 0 Å². The minimum absolute atomic E-state index is 0.0228. The summed E-state index contributed by atoms with van der Waals surface area (Å²) in [6.45, 7) is 0.214. The second-order valence-corrected chi connectivity index (χ2v) is 6.27. The second-order valence-electron chi connectivity index (χ2n) is 6.27. The molecular weight excluding hydrogens is 322 g/mol. The topological polar surface area (TPSA) is 111 Å². The molecule has 25 heavy (non-hydrogen) atoms. The van der Waals surface area contributed by atoms with Crippen LogP contribution < -0.4 is 16.4 Å². The zero-order chi connectivity index (χ0) is 18.2. The average Bonchev–Trinajstić information content (AvgIpc) is 2.62. The summed E-state index contributed by atoms with van der Waals surface area (Å²) in [5, 5.41) is 5.52. The zero-order valence-electron chi connectivity index (χ0n) is 14.4. The lowest BCUT2D eigenvalue weighted by Gasteiger charge is -2.25. The van der Waals surface area contributed by atoms with Gasteiger partial charge in [-0.2, -0.15) is 0 Å². The molecular formula is C18H25N3O4. The van der Waals surface area contributed by atoms with E-state index in [1.54, 1.807) is 24.3 Å². The van der Waals surface area contributed by atoms with Gasteiger partial charge in [0.15, 0.2) is 0 Å². The normalized spacial score (nSPS) is 19.8. The molecule has 2 atom stereocenters. The summed E-state index contributed by atoms with van der Waals surface area (Å²) in [7, 11) is 1.30. The minimum atomic E-state index is -0.374. The fourth-order valence-corrected chi connectivity index (χ4v) is 2.90. The third-order valence-corrected chi connectivity index (χ3v) is 4.34. The van der Waals surface area contributed by atoms with Gasteiger partial charge in [0.1, 0.15) is 0 Å². The fraction of sp³-hybridized carbons (Fsp3) is 0.500. The Balaban J connectivity index is 1.83. The fourth-order valence-electron chi connectivity index (χ4n) is 2.90. The number of amides is 2. The lowest BCUT2D eigenvalue weighted by molar-refractivity contribution is -0.140. The summed E-state index contributed by atoms with van der Waals surface area (Å²) in [6, 6.07) is 6.75. The maximum Gasteiger partial charge on any atom is 0.307 e. The molecule has 1 fully saturated rings. The number of nitrogens with two attached hydrogens (primary N) is 1. The average molecular weight is 347 g/mol. The number of hydrogen-bond acceptors (Lipinski definition) is 5. The van der Waals surface area contributed by atoms with Gasteiger partial charge in [-0.15, -0.1) is 0 Å². The molecule has 2 amide bonds. The number of hydrogen-bond donors (Lipinski definition) is 3. The van der Waals surface area contributed by atoms with Crippen molar-refractivity contribution < 1.29 is 19.1 Å². The zero-order valence-corrected chi connectivity index (χ0v) is 14.4. The van der Waals surface area contributed by atoms with E-state index in [1.165, 1.54) is 7.11 Å². The van der Waals surface area contributed by atoms with Crippen molar-refractivity contribution in [2.45, 2.75) is 38.1 Å². The third-order valence-electron chi connectivity index (χ3n) is 4.34. The van der Waals surface area contributed by atoms with Crippen molar-refractivity contribution in [2.75, 3.05) is 19.0 Å². The standard InChI is InChI=1S/C18H25N3O4/c1-25-16(22)9-10-20-17(23)12-5-7-15(8-6-12)21-18(24)13-3-2-4-14(19)11-13/h5-8,13-14H,2-4,9-11,19H2,1H3,(H,20,23)(H,21,24). The van der Waals surface area contributed by atoms with E-state index in [0.29, 0.717) is 17.7 Å². The molecule has 2 rings (SSSR count). The molecule has 136 valence electrons. The highest BCUT2D eigenvalue weighted by Crippen LogP contribution is 2.24. The molecule has 0 aliphatic heterocycles. The van der Waals surface area contributed by atoms with Crippen molar-refractivity contribution in [3.8, 4) is 0 Å². The number of carbonyl (C=O) groups excluding carboxylic acids is 3. The van der Waals surface area contributed by atoms with Crippen LogP contribution in [0.25, 0.3) is 0 Å². The molecule has 7 nitrogen and oxygen atoms in total. The van der Waals surface area contributed by atoms with E-state index in [2.05, 4.69) is 15.4 Å². The van der Waals surface area contributed by atoms with E-state index >= 15 is 0 Å². The van der Waals surface area contributed by atoms with Crippen LogP contribution in [0.1, 0.15) is 42.5 Å². The predicted octanol–water partition coefficient (Wildman–Crippen LogP) is 1.44. The van der Waals surface area contributed by atoms with Crippen molar-refractivity contribution >= 4 is 23.5 Å². The number of rotatable bonds is 6. The first-order valence-electron chi connectivity index (χ1n) is 8.51. The highest BCUT2D eigenvalue weighted by atomic mass is 16.5. The van der Waals surface area contributed by atoms with Gasteiger partial charge in [0, 0.05) is 29.8 Å². The van der Waals surface area contributed by atoms with Gasteiger partial charge in [-0.25, -0.2) is 0 Å². The Hall–Kier alpha value is -2.41. The summed E-state index contributed by atoms with van der Waals surface area (Å²) in [5.74, 6) is -0.726. The lowest BCUT2D eigenvalue weighted by Crippen LogP contribution is -2.34. The SMILES string of the molecule is COC(=O)CCNC(=O)c1ccc(NC(=O)C2CCCC(N)C2)cc1. The van der Waals surface area contributed by atoms with E-state index in [9.17, 15) is 14.4 Å².